The molecule has 212 valence electrons. The summed E-state index contributed by atoms with van der Waals surface area (Å²) in [6.07, 6.45) is 0. The van der Waals surface area contributed by atoms with Gasteiger partial charge in [0.05, 0.1) is 23.0 Å². The second-order valence-corrected chi connectivity index (χ2v) is 9.91. The number of nitrogens with zero attached hydrogens (tertiary/aromatic N) is 3. The summed E-state index contributed by atoms with van der Waals surface area (Å²) >= 11 is 13.2. The van der Waals surface area contributed by atoms with E-state index in [0.717, 1.165) is 22.2 Å². The second kappa shape index (κ2) is 13.3. The summed E-state index contributed by atoms with van der Waals surface area (Å²) in [6, 6.07) is 19.4. The van der Waals surface area contributed by atoms with E-state index in [0.29, 0.717) is 33.4 Å². The minimum Gasteiger partial charge on any atom is -0.487 e. The number of carbonyl (C=O) groups is 2. The zero-order chi connectivity index (χ0) is 29.5. The van der Waals surface area contributed by atoms with Gasteiger partial charge in [0.2, 0.25) is 5.91 Å². The van der Waals surface area contributed by atoms with Crippen LogP contribution in [0.25, 0.3) is 10.9 Å². The number of anilines is 2. The molecule has 0 spiro atoms. The Hall–Kier alpha value is -4.34. The van der Waals surface area contributed by atoms with E-state index in [4.69, 9.17) is 32.8 Å². The van der Waals surface area contributed by atoms with Crippen molar-refractivity contribution >= 4 is 63.1 Å². The number of rotatable bonds is 9. The van der Waals surface area contributed by atoms with Crippen LogP contribution in [-0.4, -0.2) is 43.3 Å². The average molecular weight is 594 g/mol. The number of benzene rings is 3. The number of pyridine rings is 1. The molecule has 0 atom stereocenters. The molecule has 11 heteroatoms. The Morgan fingerprint density at radius 3 is 2.61 bits per heavy atom. The number of oxime groups is 1. The minimum atomic E-state index is -0.541. The molecular formula is C30H29Cl2N5O4. The van der Waals surface area contributed by atoms with Crippen LogP contribution in [0.3, 0.4) is 0 Å². The molecule has 0 bridgehead atoms. The highest BCUT2D eigenvalue weighted by Gasteiger charge is 2.19. The van der Waals surface area contributed by atoms with Crippen molar-refractivity contribution in [3.05, 3.63) is 93.6 Å². The molecule has 2 N–H and O–H groups in total. The van der Waals surface area contributed by atoms with Crippen LogP contribution in [0.15, 0.2) is 71.9 Å². The largest absolute Gasteiger partial charge is 0.487 e. The van der Waals surface area contributed by atoms with Gasteiger partial charge in [-0.05, 0) is 50.2 Å². The van der Waals surface area contributed by atoms with Gasteiger partial charge in [-0.3, -0.25) is 4.79 Å². The monoisotopic (exact) mass is 593 g/mol. The van der Waals surface area contributed by atoms with E-state index >= 15 is 0 Å². The lowest BCUT2D eigenvalue weighted by Crippen LogP contribution is -2.40. The van der Waals surface area contributed by atoms with Gasteiger partial charge in [-0.15, -0.1) is 0 Å². The van der Waals surface area contributed by atoms with Gasteiger partial charge in [0.25, 0.3) is 0 Å². The Morgan fingerprint density at radius 1 is 1.05 bits per heavy atom. The first-order valence-electron chi connectivity index (χ1n) is 12.6. The molecule has 0 aliphatic rings. The summed E-state index contributed by atoms with van der Waals surface area (Å²) in [5.74, 6) is 0.205. The number of nitrogens with one attached hydrogen (secondary N) is 2. The van der Waals surface area contributed by atoms with Crippen molar-refractivity contribution in [1.82, 2.24) is 10.3 Å². The molecule has 0 aliphatic heterocycles. The van der Waals surface area contributed by atoms with Crippen LogP contribution in [-0.2, 0) is 16.2 Å². The number of carbonyl (C=O) groups excluding carboxylic acids is 2. The maximum absolute atomic E-state index is 12.9. The summed E-state index contributed by atoms with van der Waals surface area (Å²) < 4.78 is 6.07. The number of fused-ring (bicyclic) bond motifs is 1. The molecule has 0 fully saturated rings. The van der Waals surface area contributed by atoms with Crippen molar-refractivity contribution in [2.75, 3.05) is 30.9 Å². The van der Waals surface area contributed by atoms with Gasteiger partial charge in [-0.1, -0.05) is 58.7 Å². The van der Waals surface area contributed by atoms with E-state index in [1.807, 2.05) is 43.3 Å². The van der Waals surface area contributed by atoms with Gasteiger partial charge in [0.15, 0.2) is 0 Å². The molecule has 4 rings (SSSR count). The summed E-state index contributed by atoms with van der Waals surface area (Å²) in [6.45, 7) is 3.50. The smallest absolute Gasteiger partial charge is 0.319 e. The zero-order valence-corrected chi connectivity index (χ0v) is 24.5. The fraction of sp³-hybridized carbons (Fsp3) is 0.200. The number of aromatic nitrogens is 1. The average Bonchev–Trinajstić information content (AvgIpc) is 2.96. The Bertz CT molecular complexity index is 1630. The standard InChI is InChI=1S/C30H29Cl2N5O4/c1-18-11-12-20-7-6-10-26(29(20)34-18)41-17-23-24(31)13-14-25(28(23)32)37(3)27(38)16-33-30(39)35-22-9-5-8-21(15-22)19(2)36-40-4/h5-15H,16-17H2,1-4H3,(H2,33,35,39). The molecule has 3 aromatic carbocycles. The zero-order valence-electron chi connectivity index (χ0n) is 23.0. The van der Waals surface area contributed by atoms with E-state index in [2.05, 4.69) is 20.8 Å². The molecule has 1 heterocycles. The Kier molecular flexibility index (Phi) is 9.65. The third kappa shape index (κ3) is 7.25. The van der Waals surface area contributed by atoms with Crippen LogP contribution in [0.2, 0.25) is 10.0 Å². The molecule has 0 aliphatic carbocycles. The topological polar surface area (TPSA) is 105 Å². The van der Waals surface area contributed by atoms with Gasteiger partial charge in [-0.25, -0.2) is 9.78 Å². The van der Waals surface area contributed by atoms with E-state index in [9.17, 15) is 9.59 Å². The Balaban J connectivity index is 1.41. The number of amides is 3. The van der Waals surface area contributed by atoms with Crippen LogP contribution < -0.4 is 20.3 Å². The number of para-hydroxylation sites is 1. The molecule has 4 aromatic rings. The first kappa shape index (κ1) is 29.6. The molecule has 3 amide bonds. The number of ether oxygens (including phenoxy) is 1. The Morgan fingerprint density at radius 2 is 1.83 bits per heavy atom. The molecule has 0 radical (unpaired) electrons. The third-order valence-corrected chi connectivity index (χ3v) is 7.04. The number of halogens is 2. The van der Waals surface area contributed by atoms with Crippen LogP contribution in [0.4, 0.5) is 16.2 Å². The van der Waals surface area contributed by atoms with E-state index in [1.165, 1.54) is 12.0 Å². The molecule has 9 nitrogen and oxygen atoms in total. The summed E-state index contributed by atoms with van der Waals surface area (Å²) in [4.78, 5) is 36.2. The van der Waals surface area contributed by atoms with Crippen molar-refractivity contribution in [2.24, 2.45) is 5.16 Å². The first-order valence-corrected chi connectivity index (χ1v) is 13.4. The summed E-state index contributed by atoms with van der Waals surface area (Å²) in [5.41, 5.74) is 4.52. The van der Waals surface area contributed by atoms with Crippen molar-refractivity contribution in [2.45, 2.75) is 20.5 Å². The predicted molar refractivity (Wildman–Crippen MR) is 163 cm³/mol. The summed E-state index contributed by atoms with van der Waals surface area (Å²) in [7, 11) is 3.03. The fourth-order valence-corrected chi connectivity index (χ4v) is 4.66. The minimum absolute atomic E-state index is 0.0660. The van der Waals surface area contributed by atoms with Crippen LogP contribution >= 0.6 is 23.2 Å². The quantitative estimate of drug-likeness (QED) is 0.168. The number of likely N-dealkylation sites (N-methyl/N-ethyl adjacent to an activating group) is 1. The molecule has 0 unspecified atom stereocenters. The lowest BCUT2D eigenvalue weighted by Gasteiger charge is -2.21. The second-order valence-electron chi connectivity index (χ2n) is 9.13. The number of aryl methyl sites for hydroxylation is 1. The van der Waals surface area contributed by atoms with Gasteiger partial charge in [0, 0.05) is 40.0 Å². The molecular weight excluding hydrogens is 565 g/mol. The lowest BCUT2D eigenvalue weighted by atomic mass is 10.1. The highest BCUT2D eigenvalue weighted by molar-refractivity contribution is 6.38. The maximum atomic E-state index is 12.9. The molecule has 0 saturated carbocycles. The van der Waals surface area contributed by atoms with Crippen molar-refractivity contribution in [3.63, 3.8) is 0 Å². The van der Waals surface area contributed by atoms with E-state index in [1.54, 1.807) is 44.3 Å². The van der Waals surface area contributed by atoms with Crippen LogP contribution in [0.5, 0.6) is 5.75 Å². The van der Waals surface area contributed by atoms with Gasteiger partial charge >= 0.3 is 6.03 Å². The fourth-order valence-electron chi connectivity index (χ4n) is 4.06. The van der Waals surface area contributed by atoms with Crippen molar-refractivity contribution in [1.29, 1.82) is 0 Å². The van der Waals surface area contributed by atoms with Crippen molar-refractivity contribution in [3.8, 4) is 5.75 Å². The highest BCUT2D eigenvalue weighted by Crippen LogP contribution is 2.35. The molecule has 1 aromatic heterocycles. The number of hydrogen-bond donors (Lipinski definition) is 2. The maximum Gasteiger partial charge on any atom is 0.319 e. The molecule has 0 saturated heterocycles. The highest BCUT2D eigenvalue weighted by atomic mass is 35.5. The Labute approximate surface area is 248 Å². The third-order valence-electron chi connectivity index (χ3n) is 6.26. The van der Waals surface area contributed by atoms with E-state index in [-0.39, 0.29) is 24.1 Å². The van der Waals surface area contributed by atoms with Gasteiger partial charge < -0.3 is 25.1 Å². The van der Waals surface area contributed by atoms with Crippen LogP contribution in [0, 0.1) is 6.92 Å². The normalized spacial score (nSPS) is 11.2. The summed E-state index contributed by atoms with van der Waals surface area (Å²) in [5, 5.41) is 10.8. The number of hydrogen-bond acceptors (Lipinski definition) is 6. The SMILES string of the molecule is CON=C(C)c1cccc(NC(=O)NCC(=O)N(C)c2ccc(Cl)c(COc3cccc4ccc(C)nc34)c2Cl)c1. The van der Waals surface area contributed by atoms with Crippen LogP contribution in [0.1, 0.15) is 23.7 Å². The van der Waals surface area contributed by atoms with Crippen molar-refractivity contribution < 1.29 is 19.2 Å². The molecule has 41 heavy (non-hydrogen) atoms. The number of urea groups is 1. The van der Waals surface area contributed by atoms with Gasteiger partial charge in [-0.2, -0.15) is 0 Å². The first-order chi connectivity index (χ1) is 19.7. The predicted octanol–water partition coefficient (Wildman–Crippen LogP) is 6.58. The van der Waals surface area contributed by atoms with E-state index < -0.39 is 6.03 Å². The van der Waals surface area contributed by atoms with Gasteiger partial charge in [0.1, 0.15) is 25.0 Å². The lowest BCUT2D eigenvalue weighted by molar-refractivity contribution is -0.117.